The third-order valence-electron chi connectivity index (χ3n) is 9.89. The Labute approximate surface area is 284 Å². The molecule has 3 aromatic carbocycles. The molecule has 0 saturated heterocycles. The third kappa shape index (κ3) is 14.3. The summed E-state index contributed by atoms with van der Waals surface area (Å²) in [6.45, 7) is 8.39. The van der Waals surface area contributed by atoms with Gasteiger partial charge in [-0.2, -0.15) is 0 Å². The second-order valence-electron chi connectivity index (χ2n) is 13.9. The lowest BCUT2D eigenvalue weighted by atomic mass is 9.98. The number of hydrogen-bond acceptors (Lipinski definition) is 2. The van der Waals surface area contributed by atoms with Crippen LogP contribution in [0, 0.1) is 0 Å². The second kappa shape index (κ2) is 24.9. The zero-order chi connectivity index (χ0) is 32.5. The fraction of sp³-hybridized carbons (Fsp3) is 0.682. The molecule has 3 aromatic rings. The molecule has 2 heteroatoms. The van der Waals surface area contributed by atoms with Gasteiger partial charge in [-0.1, -0.05) is 198 Å². The number of hydrogen-bond donors (Lipinski definition) is 0. The summed E-state index contributed by atoms with van der Waals surface area (Å²) >= 11 is 0. The van der Waals surface area contributed by atoms with Crippen molar-refractivity contribution in [2.75, 3.05) is 13.2 Å². The van der Waals surface area contributed by atoms with E-state index >= 15 is 0 Å². The Kier molecular flexibility index (Phi) is 20.7. The molecule has 0 fully saturated rings. The first-order valence-electron chi connectivity index (χ1n) is 20.0. The normalized spacial score (nSPS) is 11.5. The smallest absolute Gasteiger partial charge is 0.135 e. The summed E-state index contributed by atoms with van der Waals surface area (Å²) < 4.78 is 13.3. The highest BCUT2D eigenvalue weighted by molar-refractivity contribution is 6.11. The standard InChI is InChI=1S/C44H70O2/c1-4-7-9-11-13-15-17-19-21-23-25-29-35-45-43-39-31-27-28-32-40(39)44(42-37-38(6-3)33-34-41(42)43)46-36-30-26-24-22-20-18-16-14-12-10-8-5-2/h27-28,31-34,37H,4-26,29-30,35-36H2,1-3H3. The SMILES string of the molecule is CCCCCCCCCCCCCCOc1c2ccccc2c(OCCCCCCCCCCCCCC)c2cc(CC)ccc12. The summed E-state index contributed by atoms with van der Waals surface area (Å²) in [6.07, 6.45) is 33.7. The Balaban J connectivity index is 1.46. The van der Waals surface area contributed by atoms with Crippen LogP contribution in [-0.2, 0) is 6.42 Å². The average molecular weight is 631 g/mol. The van der Waals surface area contributed by atoms with E-state index in [1.54, 1.807) is 0 Å². The highest BCUT2D eigenvalue weighted by Gasteiger charge is 2.16. The van der Waals surface area contributed by atoms with Crippen LogP contribution < -0.4 is 9.47 Å². The van der Waals surface area contributed by atoms with E-state index in [4.69, 9.17) is 9.47 Å². The summed E-state index contributed by atoms with van der Waals surface area (Å²) in [4.78, 5) is 0. The number of aryl methyl sites for hydroxylation is 1. The molecule has 0 unspecified atom stereocenters. The van der Waals surface area contributed by atoms with Gasteiger partial charge in [0.1, 0.15) is 11.5 Å². The predicted octanol–water partition coefficient (Wildman–Crippen LogP) is 14.7. The van der Waals surface area contributed by atoms with Gasteiger partial charge in [-0.05, 0) is 30.9 Å². The van der Waals surface area contributed by atoms with Crippen LogP contribution >= 0.6 is 0 Å². The number of rotatable bonds is 29. The number of ether oxygens (including phenoxy) is 2. The fourth-order valence-corrected chi connectivity index (χ4v) is 6.91. The molecule has 46 heavy (non-hydrogen) atoms. The van der Waals surface area contributed by atoms with Gasteiger partial charge in [-0.3, -0.25) is 0 Å². The largest absolute Gasteiger partial charge is 0.492 e. The molecule has 0 radical (unpaired) electrons. The maximum atomic E-state index is 6.65. The van der Waals surface area contributed by atoms with Crippen LogP contribution in [0.5, 0.6) is 11.5 Å². The minimum atomic E-state index is 0.783. The van der Waals surface area contributed by atoms with Crippen molar-refractivity contribution < 1.29 is 9.47 Å². The molecular formula is C44H70O2. The summed E-state index contributed by atoms with van der Waals surface area (Å²) in [5.74, 6) is 2.08. The van der Waals surface area contributed by atoms with Crippen LogP contribution in [0.25, 0.3) is 21.5 Å². The zero-order valence-corrected chi connectivity index (χ0v) is 30.4. The minimum Gasteiger partial charge on any atom is -0.492 e. The van der Waals surface area contributed by atoms with Gasteiger partial charge < -0.3 is 9.47 Å². The lowest BCUT2D eigenvalue weighted by molar-refractivity contribution is 0.306. The van der Waals surface area contributed by atoms with Crippen molar-refractivity contribution in [3.8, 4) is 11.5 Å². The molecule has 0 aromatic heterocycles. The summed E-state index contributed by atoms with van der Waals surface area (Å²) in [7, 11) is 0. The van der Waals surface area contributed by atoms with Gasteiger partial charge >= 0.3 is 0 Å². The van der Waals surface area contributed by atoms with E-state index < -0.39 is 0 Å². The number of benzene rings is 3. The molecule has 258 valence electrons. The molecule has 0 spiro atoms. The van der Waals surface area contributed by atoms with Gasteiger partial charge in [0.25, 0.3) is 0 Å². The molecule has 2 nitrogen and oxygen atoms in total. The van der Waals surface area contributed by atoms with Crippen LogP contribution in [0.4, 0.5) is 0 Å². The predicted molar refractivity (Wildman–Crippen MR) is 204 cm³/mol. The Morgan fingerprint density at radius 3 is 1.11 bits per heavy atom. The molecule has 0 aliphatic carbocycles. The Bertz CT molecular complexity index is 1180. The molecule has 0 N–H and O–H groups in total. The maximum Gasteiger partial charge on any atom is 0.135 e. The lowest BCUT2D eigenvalue weighted by Gasteiger charge is -2.18. The van der Waals surface area contributed by atoms with Gasteiger partial charge in [-0.15, -0.1) is 0 Å². The first kappa shape index (κ1) is 38.2. The average Bonchev–Trinajstić information content (AvgIpc) is 3.09. The van der Waals surface area contributed by atoms with Crippen LogP contribution in [-0.4, -0.2) is 13.2 Å². The molecule has 0 aliphatic rings. The Morgan fingerprint density at radius 1 is 0.370 bits per heavy atom. The molecule has 0 heterocycles. The van der Waals surface area contributed by atoms with E-state index in [1.165, 1.54) is 168 Å². The fourth-order valence-electron chi connectivity index (χ4n) is 6.91. The van der Waals surface area contributed by atoms with E-state index in [0.717, 1.165) is 44.0 Å². The van der Waals surface area contributed by atoms with Crippen molar-refractivity contribution in [3.63, 3.8) is 0 Å². The van der Waals surface area contributed by atoms with Gasteiger partial charge in [0.05, 0.1) is 13.2 Å². The molecule has 0 aliphatic heterocycles. The van der Waals surface area contributed by atoms with E-state index in [9.17, 15) is 0 Å². The Morgan fingerprint density at radius 2 is 0.717 bits per heavy atom. The van der Waals surface area contributed by atoms with E-state index in [2.05, 4.69) is 63.2 Å². The number of fused-ring (bicyclic) bond motifs is 2. The van der Waals surface area contributed by atoms with Crippen molar-refractivity contribution in [1.82, 2.24) is 0 Å². The lowest BCUT2D eigenvalue weighted by Crippen LogP contribution is -2.03. The topological polar surface area (TPSA) is 18.5 Å². The monoisotopic (exact) mass is 631 g/mol. The van der Waals surface area contributed by atoms with E-state index in [0.29, 0.717) is 0 Å². The summed E-state index contributed by atoms with van der Waals surface area (Å²) in [5.41, 5.74) is 1.35. The molecule has 0 amide bonds. The summed E-state index contributed by atoms with van der Waals surface area (Å²) in [6, 6.07) is 15.6. The Hall–Kier alpha value is -2.22. The quantitative estimate of drug-likeness (QED) is 0.0561. The molecular weight excluding hydrogens is 560 g/mol. The van der Waals surface area contributed by atoms with Gasteiger partial charge in [0, 0.05) is 21.5 Å². The van der Waals surface area contributed by atoms with Crippen molar-refractivity contribution in [2.45, 2.75) is 181 Å². The van der Waals surface area contributed by atoms with Crippen molar-refractivity contribution in [1.29, 1.82) is 0 Å². The van der Waals surface area contributed by atoms with Crippen molar-refractivity contribution in [2.24, 2.45) is 0 Å². The molecule has 0 bridgehead atoms. The van der Waals surface area contributed by atoms with Crippen molar-refractivity contribution in [3.05, 3.63) is 48.0 Å². The highest BCUT2D eigenvalue weighted by atomic mass is 16.5. The summed E-state index contributed by atoms with van der Waals surface area (Å²) in [5, 5.41) is 4.77. The molecule has 0 atom stereocenters. The van der Waals surface area contributed by atoms with Gasteiger partial charge in [-0.25, -0.2) is 0 Å². The van der Waals surface area contributed by atoms with E-state index in [1.807, 2.05) is 0 Å². The minimum absolute atomic E-state index is 0.783. The van der Waals surface area contributed by atoms with Gasteiger partial charge in [0.15, 0.2) is 0 Å². The molecule has 0 saturated carbocycles. The third-order valence-corrected chi connectivity index (χ3v) is 9.89. The van der Waals surface area contributed by atoms with Crippen LogP contribution in [0.2, 0.25) is 0 Å². The van der Waals surface area contributed by atoms with Crippen LogP contribution in [0.3, 0.4) is 0 Å². The highest BCUT2D eigenvalue weighted by Crippen LogP contribution is 2.43. The van der Waals surface area contributed by atoms with Crippen LogP contribution in [0.15, 0.2) is 42.5 Å². The van der Waals surface area contributed by atoms with E-state index in [-0.39, 0.29) is 0 Å². The zero-order valence-electron chi connectivity index (χ0n) is 30.4. The first-order valence-corrected chi connectivity index (χ1v) is 20.0. The number of unbranched alkanes of at least 4 members (excludes halogenated alkanes) is 22. The van der Waals surface area contributed by atoms with Gasteiger partial charge in [0.2, 0.25) is 0 Å². The maximum absolute atomic E-state index is 6.65. The van der Waals surface area contributed by atoms with Crippen LogP contribution in [0.1, 0.15) is 180 Å². The second-order valence-corrected chi connectivity index (χ2v) is 13.9. The molecule has 3 rings (SSSR count). The first-order chi connectivity index (χ1) is 22.8. The van der Waals surface area contributed by atoms with Crippen molar-refractivity contribution >= 4 is 21.5 Å².